The first-order valence-electron chi connectivity index (χ1n) is 7.07. The van der Waals surface area contributed by atoms with Crippen LogP contribution in [0.3, 0.4) is 0 Å². The molecule has 0 saturated heterocycles. The Morgan fingerprint density at radius 3 is 2.52 bits per heavy atom. The molecular formula is C15H14FN2O3S2-. The minimum Gasteiger partial charge on any atom is -0.859 e. The molecule has 5 nitrogen and oxygen atoms in total. The molecule has 23 heavy (non-hydrogen) atoms. The van der Waals surface area contributed by atoms with Gasteiger partial charge in [0.05, 0.1) is 4.90 Å². The molecule has 0 unspecified atom stereocenters. The zero-order chi connectivity index (χ0) is 16.6. The minimum absolute atomic E-state index is 0.0892. The van der Waals surface area contributed by atoms with Crippen molar-refractivity contribution in [2.75, 3.05) is 4.72 Å². The summed E-state index contributed by atoms with van der Waals surface area (Å²) in [6.45, 7) is 0. The van der Waals surface area contributed by atoms with Crippen molar-refractivity contribution in [2.45, 2.75) is 30.6 Å². The van der Waals surface area contributed by atoms with E-state index in [0.717, 1.165) is 54.0 Å². The van der Waals surface area contributed by atoms with Crippen LogP contribution in [0.25, 0.3) is 0 Å². The molecule has 0 amide bonds. The van der Waals surface area contributed by atoms with E-state index in [0.29, 0.717) is 6.42 Å². The van der Waals surface area contributed by atoms with E-state index in [2.05, 4.69) is 4.72 Å². The lowest BCUT2D eigenvalue weighted by molar-refractivity contribution is -0.214. The number of nitrogens with one attached hydrogen (secondary N) is 2. The minimum atomic E-state index is -3.93. The van der Waals surface area contributed by atoms with Crippen molar-refractivity contribution in [3.8, 4) is 0 Å². The zero-order valence-corrected chi connectivity index (χ0v) is 13.7. The van der Waals surface area contributed by atoms with Crippen LogP contribution in [0.5, 0.6) is 0 Å². The number of sulfonamides is 1. The summed E-state index contributed by atoms with van der Waals surface area (Å²) in [5.41, 5.74) is 0.938. The molecule has 2 N–H and O–H groups in total. The smallest absolute Gasteiger partial charge is 0.262 e. The first-order valence-corrected chi connectivity index (χ1v) is 9.37. The highest BCUT2D eigenvalue weighted by Gasteiger charge is 2.24. The summed E-state index contributed by atoms with van der Waals surface area (Å²) < 4.78 is 40.1. The SMILES string of the molecule is N=C([O-])c1c(NS(=O)(=O)c2ccc(F)cc2)sc2c1CCCC2. The van der Waals surface area contributed by atoms with E-state index in [-0.39, 0.29) is 15.5 Å². The maximum absolute atomic E-state index is 12.9. The summed E-state index contributed by atoms with van der Waals surface area (Å²) >= 11 is 1.21. The highest BCUT2D eigenvalue weighted by Crippen LogP contribution is 2.38. The number of hydrogen-bond donors (Lipinski definition) is 2. The fourth-order valence-electron chi connectivity index (χ4n) is 2.67. The summed E-state index contributed by atoms with van der Waals surface area (Å²) in [6, 6.07) is 4.44. The molecule has 0 aliphatic heterocycles. The molecule has 1 heterocycles. The Hall–Kier alpha value is -1.93. The van der Waals surface area contributed by atoms with Gasteiger partial charge in [-0.25, -0.2) is 12.8 Å². The first kappa shape index (κ1) is 15.9. The fraction of sp³-hybridized carbons (Fsp3) is 0.267. The van der Waals surface area contributed by atoms with Gasteiger partial charge in [0.1, 0.15) is 10.8 Å². The standard InChI is InChI=1S/C15H15FN2O3S2/c16-9-5-7-10(8-6-9)23(20,21)18-15-13(14(17)19)11-3-1-2-4-12(11)22-15/h5-8,18H,1-4H2,(H2,17,19)/p-1. The van der Waals surface area contributed by atoms with E-state index in [1.165, 1.54) is 11.3 Å². The van der Waals surface area contributed by atoms with Crippen LogP contribution in [0.2, 0.25) is 0 Å². The van der Waals surface area contributed by atoms with Crippen LogP contribution in [0.15, 0.2) is 29.2 Å². The largest absolute Gasteiger partial charge is 0.859 e. The van der Waals surface area contributed by atoms with Gasteiger partial charge < -0.3 is 10.5 Å². The van der Waals surface area contributed by atoms with Gasteiger partial charge >= 0.3 is 0 Å². The van der Waals surface area contributed by atoms with Gasteiger partial charge in [-0.2, -0.15) is 0 Å². The molecule has 0 radical (unpaired) electrons. The Morgan fingerprint density at radius 2 is 1.87 bits per heavy atom. The van der Waals surface area contributed by atoms with Gasteiger partial charge in [-0.15, -0.1) is 11.3 Å². The Kier molecular flexibility index (Phi) is 4.11. The number of anilines is 1. The third-order valence-electron chi connectivity index (χ3n) is 3.75. The topological polar surface area (TPSA) is 93.1 Å². The molecule has 0 fully saturated rings. The molecule has 3 rings (SSSR count). The molecule has 0 atom stereocenters. The van der Waals surface area contributed by atoms with Crippen molar-refractivity contribution >= 4 is 32.3 Å². The number of rotatable bonds is 4. The predicted molar refractivity (Wildman–Crippen MR) is 85.0 cm³/mol. The predicted octanol–water partition coefficient (Wildman–Crippen LogP) is 2.25. The third kappa shape index (κ3) is 3.09. The van der Waals surface area contributed by atoms with Crippen LogP contribution in [0.4, 0.5) is 9.39 Å². The van der Waals surface area contributed by atoms with E-state index < -0.39 is 21.7 Å². The molecule has 0 bridgehead atoms. The third-order valence-corrected chi connectivity index (χ3v) is 6.45. The van der Waals surface area contributed by atoms with E-state index in [4.69, 9.17) is 5.41 Å². The van der Waals surface area contributed by atoms with Crippen LogP contribution < -0.4 is 9.83 Å². The second-order valence-corrected chi connectivity index (χ2v) is 8.09. The number of aryl methyl sites for hydroxylation is 1. The number of halogens is 1. The first-order chi connectivity index (χ1) is 10.9. The Labute approximate surface area is 137 Å². The lowest BCUT2D eigenvalue weighted by Gasteiger charge is -2.16. The lowest BCUT2D eigenvalue weighted by atomic mass is 9.95. The summed E-state index contributed by atoms with van der Waals surface area (Å²) in [4.78, 5) is 0.873. The zero-order valence-electron chi connectivity index (χ0n) is 12.1. The van der Waals surface area contributed by atoms with Crippen molar-refractivity contribution in [1.29, 1.82) is 5.41 Å². The molecule has 0 spiro atoms. The van der Waals surface area contributed by atoms with Gasteiger partial charge in [0.25, 0.3) is 10.0 Å². The molecule has 2 aromatic rings. The van der Waals surface area contributed by atoms with Crippen LogP contribution in [-0.2, 0) is 22.9 Å². The molecule has 1 aromatic heterocycles. The van der Waals surface area contributed by atoms with Gasteiger partial charge in [0.15, 0.2) is 0 Å². The Balaban J connectivity index is 2.01. The van der Waals surface area contributed by atoms with E-state index >= 15 is 0 Å². The van der Waals surface area contributed by atoms with Crippen molar-refractivity contribution in [3.05, 3.63) is 46.1 Å². The quantitative estimate of drug-likeness (QED) is 0.652. The van der Waals surface area contributed by atoms with Crippen LogP contribution >= 0.6 is 11.3 Å². The maximum Gasteiger partial charge on any atom is 0.262 e. The van der Waals surface area contributed by atoms with Crippen LogP contribution in [0.1, 0.15) is 28.8 Å². The molecule has 1 aliphatic rings. The number of hydrogen-bond acceptors (Lipinski definition) is 5. The number of thiophene rings is 1. The second kappa shape index (κ2) is 5.93. The van der Waals surface area contributed by atoms with Gasteiger partial charge in [0, 0.05) is 10.4 Å². The molecule has 122 valence electrons. The van der Waals surface area contributed by atoms with Crippen LogP contribution in [0, 0.1) is 11.2 Å². The van der Waals surface area contributed by atoms with Gasteiger partial charge in [-0.3, -0.25) is 4.72 Å². The number of benzene rings is 1. The van der Waals surface area contributed by atoms with Gasteiger partial charge in [-0.1, -0.05) is 0 Å². The Morgan fingerprint density at radius 1 is 1.22 bits per heavy atom. The summed E-state index contributed by atoms with van der Waals surface area (Å²) in [5.74, 6) is -1.42. The number of fused-ring (bicyclic) bond motifs is 1. The fourth-order valence-corrected chi connectivity index (χ4v) is 5.26. The highest BCUT2D eigenvalue weighted by molar-refractivity contribution is 7.93. The van der Waals surface area contributed by atoms with Crippen molar-refractivity contribution in [1.82, 2.24) is 0 Å². The van der Waals surface area contributed by atoms with E-state index in [1.807, 2.05) is 0 Å². The van der Waals surface area contributed by atoms with Crippen LogP contribution in [-0.4, -0.2) is 14.3 Å². The highest BCUT2D eigenvalue weighted by atomic mass is 32.2. The normalized spacial score (nSPS) is 14.3. The molecule has 8 heteroatoms. The summed E-state index contributed by atoms with van der Waals surface area (Å²) in [7, 11) is -3.93. The van der Waals surface area contributed by atoms with E-state index in [9.17, 15) is 17.9 Å². The average Bonchev–Trinajstić information content (AvgIpc) is 2.84. The molecular weight excluding hydrogens is 339 g/mol. The summed E-state index contributed by atoms with van der Waals surface area (Å²) in [6.07, 6.45) is 3.39. The van der Waals surface area contributed by atoms with Crippen molar-refractivity contribution in [2.24, 2.45) is 0 Å². The lowest BCUT2D eigenvalue weighted by Crippen LogP contribution is -2.22. The Bertz CT molecular complexity index is 858. The van der Waals surface area contributed by atoms with Crippen molar-refractivity contribution < 1.29 is 17.9 Å². The van der Waals surface area contributed by atoms with Crippen molar-refractivity contribution in [3.63, 3.8) is 0 Å². The monoisotopic (exact) mass is 353 g/mol. The second-order valence-electron chi connectivity index (χ2n) is 5.30. The molecule has 1 aromatic carbocycles. The van der Waals surface area contributed by atoms with E-state index in [1.54, 1.807) is 0 Å². The van der Waals surface area contributed by atoms with Gasteiger partial charge in [0.2, 0.25) is 0 Å². The van der Waals surface area contributed by atoms with Gasteiger partial charge in [-0.05, 0) is 61.4 Å². The molecule has 1 aliphatic carbocycles. The average molecular weight is 353 g/mol. The maximum atomic E-state index is 12.9. The summed E-state index contributed by atoms with van der Waals surface area (Å²) in [5, 5.41) is 19.3. The molecule has 0 saturated carbocycles.